The number of hydrogen-bond donors (Lipinski definition) is 2. The summed E-state index contributed by atoms with van der Waals surface area (Å²) in [5, 5.41) is 0. The van der Waals surface area contributed by atoms with Gasteiger partial charge in [-0.05, 0) is 18.8 Å². The van der Waals surface area contributed by atoms with Crippen LogP contribution < -0.4 is 11.6 Å². The minimum Gasteiger partial charge on any atom is -0.382 e. The first kappa shape index (κ1) is 11.3. The number of imidazole rings is 1. The van der Waals surface area contributed by atoms with Crippen LogP contribution in [0.3, 0.4) is 0 Å². The van der Waals surface area contributed by atoms with Crippen molar-refractivity contribution in [1.82, 2.24) is 9.66 Å². The molecule has 1 fully saturated rings. The van der Waals surface area contributed by atoms with E-state index in [0.29, 0.717) is 11.7 Å². The molecule has 0 saturated heterocycles. The van der Waals surface area contributed by atoms with E-state index in [1.807, 2.05) is 0 Å². The van der Waals surface area contributed by atoms with E-state index in [9.17, 15) is 0 Å². The maximum atomic E-state index is 6.03. The van der Waals surface area contributed by atoms with Gasteiger partial charge in [-0.2, -0.15) is 0 Å². The van der Waals surface area contributed by atoms with Crippen LogP contribution in [-0.4, -0.2) is 9.66 Å². The lowest BCUT2D eigenvalue weighted by Crippen LogP contribution is -2.16. The van der Waals surface area contributed by atoms with Crippen molar-refractivity contribution in [3.8, 4) is 0 Å². The first-order chi connectivity index (χ1) is 7.63. The van der Waals surface area contributed by atoms with Gasteiger partial charge in [0.1, 0.15) is 11.6 Å². The van der Waals surface area contributed by atoms with E-state index in [1.165, 1.54) is 25.7 Å². The molecule has 4 N–H and O–H groups in total. The topological polar surface area (TPSA) is 69.9 Å². The van der Waals surface area contributed by atoms with Crippen molar-refractivity contribution < 1.29 is 0 Å². The van der Waals surface area contributed by atoms with Gasteiger partial charge in [-0.15, -0.1) is 0 Å². The molecular weight excluding hydrogens is 200 g/mol. The second-order valence-electron chi connectivity index (χ2n) is 4.99. The Kier molecular flexibility index (Phi) is 3.08. The number of aromatic nitrogens is 2. The highest BCUT2D eigenvalue weighted by Gasteiger charge is 2.25. The Morgan fingerprint density at radius 2 is 2.19 bits per heavy atom. The molecule has 1 aliphatic rings. The largest absolute Gasteiger partial charge is 0.382 e. The molecular formula is C12H22N4. The van der Waals surface area contributed by atoms with Crippen LogP contribution in [0.5, 0.6) is 0 Å². The summed E-state index contributed by atoms with van der Waals surface area (Å²) in [6, 6.07) is 0. The molecule has 1 aromatic rings. The number of nitrogens with zero attached hydrogens (tertiary/aromatic N) is 2. The van der Waals surface area contributed by atoms with E-state index >= 15 is 0 Å². The summed E-state index contributed by atoms with van der Waals surface area (Å²) in [5.74, 6) is 8.74. The SMILES string of the molecule is CCc1nc(C2CCCC(C)C2)c(N)n1N. The lowest BCUT2D eigenvalue weighted by molar-refractivity contribution is 0.341. The van der Waals surface area contributed by atoms with E-state index in [0.717, 1.165) is 23.9 Å². The molecule has 2 rings (SSSR count). The van der Waals surface area contributed by atoms with Gasteiger partial charge in [0.2, 0.25) is 0 Å². The van der Waals surface area contributed by atoms with Crippen molar-refractivity contribution >= 4 is 5.82 Å². The van der Waals surface area contributed by atoms with Gasteiger partial charge in [0.05, 0.1) is 5.69 Å². The van der Waals surface area contributed by atoms with Crippen LogP contribution in [-0.2, 0) is 6.42 Å². The van der Waals surface area contributed by atoms with E-state index in [1.54, 1.807) is 4.68 Å². The highest BCUT2D eigenvalue weighted by atomic mass is 15.4. The third kappa shape index (κ3) is 1.88. The molecule has 1 aromatic heterocycles. The maximum Gasteiger partial charge on any atom is 0.146 e. The summed E-state index contributed by atoms with van der Waals surface area (Å²) < 4.78 is 1.55. The Hall–Kier alpha value is -1.19. The van der Waals surface area contributed by atoms with Crippen LogP contribution in [0, 0.1) is 5.92 Å². The van der Waals surface area contributed by atoms with Gasteiger partial charge >= 0.3 is 0 Å². The van der Waals surface area contributed by atoms with Crippen molar-refractivity contribution in [1.29, 1.82) is 0 Å². The van der Waals surface area contributed by atoms with Crippen LogP contribution in [0.4, 0.5) is 5.82 Å². The molecule has 4 nitrogen and oxygen atoms in total. The molecule has 2 atom stereocenters. The molecule has 1 saturated carbocycles. The van der Waals surface area contributed by atoms with E-state index < -0.39 is 0 Å². The first-order valence-electron chi connectivity index (χ1n) is 6.25. The van der Waals surface area contributed by atoms with Crippen LogP contribution in [0.25, 0.3) is 0 Å². The molecule has 1 heterocycles. The summed E-state index contributed by atoms with van der Waals surface area (Å²) in [4.78, 5) is 4.60. The number of anilines is 1. The molecule has 4 heteroatoms. The molecule has 90 valence electrons. The minimum atomic E-state index is 0.513. The molecule has 16 heavy (non-hydrogen) atoms. The Morgan fingerprint density at radius 3 is 2.75 bits per heavy atom. The van der Waals surface area contributed by atoms with Gasteiger partial charge < -0.3 is 11.6 Å². The fraction of sp³-hybridized carbons (Fsp3) is 0.750. The highest BCUT2D eigenvalue weighted by molar-refractivity contribution is 5.41. The molecule has 0 aliphatic heterocycles. The zero-order chi connectivity index (χ0) is 11.7. The molecule has 0 bridgehead atoms. The fourth-order valence-electron chi connectivity index (χ4n) is 2.74. The minimum absolute atomic E-state index is 0.513. The summed E-state index contributed by atoms with van der Waals surface area (Å²) in [5.41, 5.74) is 7.06. The lowest BCUT2D eigenvalue weighted by Gasteiger charge is -2.25. The Morgan fingerprint density at radius 1 is 1.44 bits per heavy atom. The smallest absolute Gasteiger partial charge is 0.146 e. The monoisotopic (exact) mass is 222 g/mol. The van der Waals surface area contributed by atoms with Crippen LogP contribution in [0.1, 0.15) is 57.0 Å². The number of rotatable bonds is 2. The van der Waals surface area contributed by atoms with Gasteiger partial charge in [0.15, 0.2) is 0 Å². The van der Waals surface area contributed by atoms with Gasteiger partial charge in [0.25, 0.3) is 0 Å². The van der Waals surface area contributed by atoms with Crippen molar-refractivity contribution in [3.63, 3.8) is 0 Å². The van der Waals surface area contributed by atoms with Crippen molar-refractivity contribution in [2.24, 2.45) is 5.92 Å². The molecule has 1 aliphatic carbocycles. The van der Waals surface area contributed by atoms with E-state index in [-0.39, 0.29) is 0 Å². The van der Waals surface area contributed by atoms with Crippen molar-refractivity contribution in [3.05, 3.63) is 11.5 Å². The normalized spacial score (nSPS) is 25.9. The summed E-state index contributed by atoms with van der Waals surface area (Å²) >= 11 is 0. The first-order valence-corrected chi connectivity index (χ1v) is 6.25. The zero-order valence-electron chi connectivity index (χ0n) is 10.2. The Labute approximate surface area is 97.0 Å². The Bertz CT molecular complexity index is 369. The average Bonchev–Trinajstić information content (AvgIpc) is 2.56. The molecule has 0 aromatic carbocycles. The summed E-state index contributed by atoms with van der Waals surface area (Å²) in [6.07, 6.45) is 5.85. The third-order valence-electron chi connectivity index (χ3n) is 3.69. The van der Waals surface area contributed by atoms with Crippen LogP contribution in [0.2, 0.25) is 0 Å². The van der Waals surface area contributed by atoms with Gasteiger partial charge in [-0.1, -0.05) is 26.7 Å². The standard InChI is InChI=1S/C12H22N4/c1-3-10-15-11(12(13)16(10)14)9-6-4-5-8(2)7-9/h8-9H,3-7,13-14H2,1-2H3. The quantitative estimate of drug-likeness (QED) is 0.752. The highest BCUT2D eigenvalue weighted by Crippen LogP contribution is 2.37. The molecule has 0 radical (unpaired) electrons. The summed E-state index contributed by atoms with van der Waals surface area (Å²) in [7, 11) is 0. The van der Waals surface area contributed by atoms with Gasteiger partial charge in [-0.3, -0.25) is 0 Å². The average molecular weight is 222 g/mol. The molecule has 2 unspecified atom stereocenters. The van der Waals surface area contributed by atoms with Crippen LogP contribution in [0.15, 0.2) is 0 Å². The molecule has 0 spiro atoms. The number of hydrogen-bond acceptors (Lipinski definition) is 3. The van der Waals surface area contributed by atoms with Gasteiger partial charge in [0, 0.05) is 12.3 Å². The predicted molar refractivity (Wildman–Crippen MR) is 66.5 cm³/mol. The number of nitrogen functional groups attached to an aromatic ring is 2. The second-order valence-corrected chi connectivity index (χ2v) is 4.99. The molecule has 0 amide bonds. The summed E-state index contributed by atoms with van der Waals surface area (Å²) in [6.45, 7) is 4.36. The van der Waals surface area contributed by atoms with E-state index in [4.69, 9.17) is 11.6 Å². The third-order valence-corrected chi connectivity index (χ3v) is 3.69. The zero-order valence-corrected chi connectivity index (χ0v) is 10.2. The van der Waals surface area contributed by atoms with E-state index in [2.05, 4.69) is 18.8 Å². The predicted octanol–water partition coefficient (Wildman–Crippen LogP) is 2.04. The van der Waals surface area contributed by atoms with Gasteiger partial charge in [-0.25, -0.2) is 9.66 Å². The maximum absolute atomic E-state index is 6.03. The van der Waals surface area contributed by atoms with Crippen LogP contribution >= 0.6 is 0 Å². The Balaban J connectivity index is 2.25. The lowest BCUT2D eigenvalue weighted by atomic mass is 9.81. The second kappa shape index (κ2) is 4.36. The van der Waals surface area contributed by atoms with Crippen molar-refractivity contribution in [2.45, 2.75) is 51.9 Å². The van der Waals surface area contributed by atoms with Crippen molar-refractivity contribution in [2.75, 3.05) is 11.6 Å². The fourth-order valence-corrected chi connectivity index (χ4v) is 2.74. The number of nitrogens with two attached hydrogens (primary N) is 2. The number of aryl methyl sites for hydroxylation is 1.